The van der Waals surface area contributed by atoms with Gasteiger partial charge in [0.15, 0.2) is 0 Å². The average Bonchev–Trinajstić information content (AvgIpc) is 2.76. The molecule has 0 fully saturated rings. The lowest BCUT2D eigenvalue weighted by Crippen LogP contribution is -2.11. The number of aromatic carboxylic acids is 1. The molecule has 0 unspecified atom stereocenters. The van der Waals surface area contributed by atoms with Crippen LogP contribution in [0.3, 0.4) is 0 Å². The summed E-state index contributed by atoms with van der Waals surface area (Å²) in [6.45, 7) is 6.53. The number of hydrogen-bond acceptors (Lipinski definition) is 1. The first kappa shape index (κ1) is 14.4. The van der Waals surface area contributed by atoms with Crippen LogP contribution in [0, 0.1) is 20.8 Å². The Bertz CT molecular complexity index is 857. The molecule has 1 N–H and O–H groups in total. The monoisotopic (exact) mass is 293 g/mol. The Hall–Kier alpha value is -2.55. The van der Waals surface area contributed by atoms with Crippen molar-refractivity contribution in [3.8, 4) is 0 Å². The summed E-state index contributed by atoms with van der Waals surface area (Å²) in [6, 6.07) is 14.2. The highest BCUT2D eigenvalue weighted by atomic mass is 16.4. The number of rotatable bonds is 3. The fourth-order valence-electron chi connectivity index (χ4n) is 3.07. The first-order valence-corrected chi connectivity index (χ1v) is 7.36. The molecule has 0 saturated heterocycles. The highest BCUT2D eigenvalue weighted by molar-refractivity contribution is 5.99. The maximum atomic E-state index is 11.7. The Morgan fingerprint density at radius 1 is 1.05 bits per heavy atom. The fourth-order valence-corrected chi connectivity index (χ4v) is 3.07. The van der Waals surface area contributed by atoms with E-state index in [0.29, 0.717) is 12.2 Å². The van der Waals surface area contributed by atoms with Crippen molar-refractivity contribution in [1.29, 1.82) is 0 Å². The largest absolute Gasteiger partial charge is 0.477 e. The minimum absolute atomic E-state index is 0.380. The van der Waals surface area contributed by atoms with Crippen molar-refractivity contribution in [3.05, 3.63) is 70.4 Å². The molecule has 1 aromatic heterocycles. The van der Waals surface area contributed by atoms with E-state index >= 15 is 0 Å². The fraction of sp³-hybridized carbons (Fsp3) is 0.211. The first-order valence-electron chi connectivity index (χ1n) is 7.36. The maximum absolute atomic E-state index is 11.7. The van der Waals surface area contributed by atoms with Gasteiger partial charge in [0.05, 0.1) is 5.52 Å². The van der Waals surface area contributed by atoms with Gasteiger partial charge < -0.3 is 9.67 Å². The molecule has 22 heavy (non-hydrogen) atoms. The quantitative estimate of drug-likeness (QED) is 0.781. The Labute approximate surface area is 129 Å². The van der Waals surface area contributed by atoms with Gasteiger partial charge in [-0.25, -0.2) is 4.79 Å². The van der Waals surface area contributed by atoms with Crippen LogP contribution in [-0.4, -0.2) is 15.6 Å². The Kier molecular flexibility index (Phi) is 3.49. The predicted octanol–water partition coefficient (Wildman–Crippen LogP) is 4.31. The number of carbonyl (C=O) groups is 1. The van der Waals surface area contributed by atoms with Crippen LogP contribution in [0.1, 0.15) is 32.7 Å². The van der Waals surface area contributed by atoms with E-state index in [1.165, 1.54) is 5.56 Å². The lowest BCUT2D eigenvalue weighted by molar-refractivity contribution is 0.0685. The highest BCUT2D eigenvalue weighted by Crippen LogP contribution is 2.29. The smallest absolute Gasteiger partial charge is 0.352 e. The van der Waals surface area contributed by atoms with Crippen LogP contribution >= 0.6 is 0 Å². The zero-order valence-corrected chi connectivity index (χ0v) is 13.1. The number of carboxylic acid groups (broad SMARTS) is 1. The second-order valence-electron chi connectivity index (χ2n) is 5.82. The van der Waals surface area contributed by atoms with Gasteiger partial charge in [0, 0.05) is 11.9 Å². The van der Waals surface area contributed by atoms with Crippen molar-refractivity contribution in [2.75, 3.05) is 0 Å². The van der Waals surface area contributed by atoms with Crippen LogP contribution in [0.25, 0.3) is 10.9 Å². The number of nitrogens with zero attached hydrogens (tertiary/aromatic N) is 1. The van der Waals surface area contributed by atoms with Crippen LogP contribution < -0.4 is 0 Å². The van der Waals surface area contributed by atoms with Gasteiger partial charge in [-0.2, -0.15) is 0 Å². The summed E-state index contributed by atoms with van der Waals surface area (Å²) < 4.78 is 1.92. The van der Waals surface area contributed by atoms with Crippen LogP contribution in [0.15, 0.2) is 42.5 Å². The molecule has 3 nitrogen and oxygen atoms in total. The number of aromatic nitrogens is 1. The molecule has 0 saturated carbocycles. The molecule has 2 aromatic carbocycles. The molecule has 3 rings (SSSR count). The van der Waals surface area contributed by atoms with Gasteiger partial charge in [-0.05, 0) is 37.5 Å². The molecule has 0 amide bonds. The molecule has 3 heteroatoms. The minimum Gasteiger partial charge on any atom is -0.477 e. The van der Waals surface area contributed by atoms with Gasteiger partial charge in [-0.1, -0.05) is 48.0 Å². The maximum Gasteiger partial charge on any atom is 0.352 e. The van der Waals surface area contributed by atoms with Gasteiger partial charge in [0.2, 0.25) is 0 Å². The standard InChI is InChI=1S/C19H19NO2/c1-12-7-9-15(10-8-12)11-20-17-13(2)5-4-6-16(17)14(3)18(20)19(21)22/h4-10H,11H2,1-3H3,(H,21,22). The van der Waals surface area contributed by atoms with Gasteiger partial charge in [-0.15, -0.1) is 0 Å². The molecule has 0 aliphatic carbocycles. The third-order valence-electron chi connectivity index (χ3n) is 4.20. The lowest BCUT2D eigenvalue weighted by Gasteiger charge is -2.11. The number of benzene rings is 2. The number of carboxylic acids is 1. The molecular formula is C19H19NO2. The zero-order valence-electron chi connectivity index (χ0n) is 13.1. The van der Waals surface area contributed by atoms with Crippen LogP contribution in [-0.2, 0) is 6.54 Å². The Morgan fingerprint density at radius 3 is 2.36 bits per heavy atom. The molecule has 3 aromatic rings. The molecule has 0 aliphatic rings. The average molecular weight is 293 g/mol. The number of aryl methyl sites for hydroxylation is 3. The zero-order chi connectivity index (χ0) is 15.9. The Balaban J connectivity index is 2.24. The molecule has 0 spiro atoms. The Morgan fingerprint density at radius 2 is 1.73 bits per heavy atom. The van der Waals surface area contributed by atoms with E-state index in [1.807, 2.05) is 43.5 Å². The normalized spacial score (nSPS) is 11.0. The SMILES string of the molecule is Cc1ccc(Cn2c(C(=O)O)c(C)c3cccc(C)c32)cc1. The van der Waals surface area contributed by atoms with Gasteiger partial charge in [0.25, 0.3) is 0 Å². The van der Waals surface area contributed by atoms with Crippen LogP contribution in [0.5, 0.6) is 0 Å². The molecule has 0 bridgehead atoms. The van der Waals surface area contributed by atoms with Crippen molar-refractivity contribution in [2.24, 2.45) is 0 Å². The summed E-state index contributed by atoms with van der Waals surface area (Å²) in [5, 5.41) is 10.7. The second kappa shape index (κ2) is 5.34. The summed E-state index contributed by atoms with van der Waals surface area (Å²) in [4.78, 5) is 11.7. The van der Waals surface area contributed by atoms with Gasteiger partial charge >= 0.3 is 5.97 Å². The summed E-state index contributed by atoms with van der Waals surface area (Å²) in [6.07, 6.45) is 0. The minimum atomic E-state index is -0.875. The van der Waals surface area contributed by atoms with Crippen molar-refractivity contribution in [2.45, 2.75) is 27.3 Å². The predicted molar refractivity (Wildman–Crippen MR) is 88.7 cm³/mol. The molecule has 112 valence electrons. The van der Waals surface area contributed by atoms with E-state index in [9.17, 15) is 9.90 Å². The van der Waals surface area contributed by atoms with E-state index in [0.717, 1.165) is 27.6 Å². The summed E-state index contributed by atoms with van der Waals surface area (Å²) in [7, 11) is 0. The molecular weight excluding hydrogens is 274 g/mol. The van der Waals surface area contributed by atoms with E-state index in [4.69, 9.17) is 0 Å². The van der Waals surface area contributed by atoms with Crippen LogP contribution in [0.2, 0.25) is 0 Å². The first-order chi connectivity index (χ1) is 10.5. The van der Waals surface area contributed by atoms with Gasteiger partial charge in [-0.3, -0.25) is 0 Å². The molecule has 0 radical (unpaired) electrons. The molecule has 0 atom stereocenters. The summed E-state index contributed by atoms with van der Waals surface area (Å²) >= 11 is 0. The molecule has 0 aliphatic heterocycles. The van der Waals surface area contributed by atoms with E-state index in [1.54, 1.807) is 0 Å². The number of hydrogen-bond donors (Lipinski definition) is 1. The van der Waals surface area contributed by atoms with Crippen molar-refractivity contribution in [1.82, 2.24) is 4.57 Å². The number of para-hydroxylation sites is 1. The third kappa shape index (κ3) is 2.29. The van der Waals surface area contributed by atoms with E-state index < -0.39 is 5.97 Å². The topological polar surface area (TPSA) is 42.2 Å². The highest BCUT2D eigenvalue weighted by Gasteiger charge is 2.20. The van der Waals surface area contributed by atoms with Crippen molar-refractivity contribution < 1.29 is 9.90 Å². The van der Waals surface area contributed by atoms with Gasteiger partial charge in [0.1, 0.15) is 5.69 Å². The van der Waals surface area contributed by atoms with Crippen molar-refractivity contribution >= 4 is 16.9 Å². The number of fused-ring (bicyclic) bond motifs is 1. The lowest BCUT2D eigenvalue weighted by atomic mass is 10.1. The summed E-state index contributed by atoms with van der Waals surface area (Å²) in [5.74, 6) is -0.875. The summed E-state index contributed by atoms with van der Waals surface area (Å²) in [5.41, 5.74) is 5.63. The van der Waals surface area contributed by atoms with E-state index in [-0.39, 0.29) is 0 Å². The molecule has 1 heterocycles. The second-order valence-corrected chi connectivity index (χ2v) is 5.82. The van der Waals surface area contributed by atoms with E-state index in [2.05, 4.69) is 24.3 Å². The van der Waals surface area contributed by atoms with Crippen LogP contribution in [0.4, 0.5) is 0 Å². The third-order valence-corrected chi connectivity index (χ3v) is 4.20. The van der Waals surface area contributed by atoms with Crippen molar-refractivity contribution in [3.63, 3.8) is 0 Å².